The Morgan fingerprint density at radius 3 is 2.92 bits per heavy atom. The Morgan fingerprint density at radius 2 is 2.23 bits per heavy atom. The van der Waals surface area contributed by atoms with Crippen LogP contribution in [0.1, 0.15) is 5.82 Å². The van der Waals surface area contributed by atoms with Crippen LogP contribution < -0.4 is 4.74 Å². The maximum Gasteiger partial charge on any atom is 0.307 e. The monoisotopic (exact) mass is 398 g/mol. The second-order valence-corrected chi connectivity index (χ2v) is 6.41. The molecular formula is C14H12ClFN6O3S. The molecule has 9 nitrogen and oxygen atoms in total. The van der Waals surface area contributed by atoms with Crippen molar-refractivity contribution in [3.8, 4) is 5.75 Å². The van der Waals surface area contributed by atoms with Gasteiger partial charge < -0.3 is 9.30 Å². The van der Waals surface area contributed by atoms with E-state index in [1.54, 1.807) is 11.6 Å². The van der Waals surface area contributed by atoms with E-state index in [0.717, 1.165) is 0 Å². The SMILES string of the molecule is Cn1c(COc2ccc(F)c(Cl)c2)nnc1SCn1cc([N+](=O)[O-])cn1. The molecule has 136 valence electrons. The van der Waals surface area contributed by atoms with Crippen LogP contribution in [-0.4, -0.2) is 29.5 Å². The summed E-state index contributed by atoms with van der Waals surface area (Å²) in [6.45, 7) is 0.124. The van der Waals surface area contributed by atoms with Crippen molar-refractivity contribution in [3.05, 3.63) is 57.4 Å². The molecule has 0 aliphatic heterocycles. The maximum atomic E-state index is 13.1. The molecule has 0 N–H and O–H groups in total. The van der Waals surface area contributed by atoms with Gasteiger partial charge in [0.2, 0.25) is 0 Å². The largest absolute Gasteiger partial charge is 0.486 e. The fourth-order valence-corrected chi connectivity index (χ4v) is 2.91. The number of thioether (sulfide) groups is 1. The summed E-state index contributed by atoms with van der Waals surface area (Å²) in [6.07, 6.45) is 2.52. The summed E-state index contributed by atoms with van der Waals surface area (Å²) in [5.74, 6) is 0.792. The molecule has 2 aromatic heterocycles. The minimum Gasteiger partial charge on any atom is -0.486 e. The first-order valence-electron chi connectivity index (χ1n) is 7.20. The molecule has 3 rings (SSSR count). The molecule has 0 aliphatic rings. The lowest BCUT2D eigenvalue weighted by Crippen LogP contribution is -2.05. The zero-order chi connectivity index (χ0) is 18.7. The Labute approximate surface area is 155 Å². The molecule has 0 saturated carbocycles. The van der Waals surface area contributed by atoms with Crippen LogP contribution in [0.4, 0.5) is 10.1 Å². The normalized spacial score (nSPS) is 10.9. The Kier molecular flexibility index (Phi) is 5.38. The van der Waals surface area contributed by atoms with Crippen molar-refractivity contribution in [1.82, 2.24) is 24.5 Å². The van der Waals surface area contributed by atoms with Crippen molar-refractivity contribution in [2.45, 2.75) is 17.6 Å². The number of benzene rings is 1. The van der Waals surface area contributed by atoms with Gasteiger partial charge >= 0.3 is 5.69 Å². The van der Waals surface area contributed by atoms with Crippen molar-refractivity contribution in [2.24, 2.45) is 7.05 Å². The molecule has 0 unspecified atom stereocenters. The van der Waals surface area contributed by atoms with Crippen molar-refractivity contribution in [2.75, 3.05) is 0 Å². The quantitative estimate of drug-likeness (QED) is 0.342. The second-order valence-electron chi connectivity index (χ2n) is 5.09. The van der Waals surface area contributed by atoms with Crippen LogP contribution in [0.5, 0.6) is 5.75 Å². The lowest BCUT2D eigenvalue weighted by molar-refractivity contribution is -0.385. The number of hydrogen-bond acceptors (Lipinski definition) is 7. The smallest absolute Gasteiger partial charge is 0.307 e. The van der Waals surface area contributed by atoms with Crippen molar-refractivity contribution < 1.29 is 14.1 Å². The van der Waals surface area contributed by atoms with Crippen LogP contribution >= 0.6 is 23.4 Å². The molecule has 0 bridgehead atoms. The van der Waals surface area contributed by atoms with Gasteiger partial charge in [-0.3, -0.25) is 14.8 Å². The minimum absolute atomic E-state index is 0.0231. The first kappa shape index (κ1) is 18.1. The number of halogens is 2. The topological polar surface area (TPSA) is 101 Å². The Bertz CT molecular complexity index is 947. The number of nitro groups is 1. The predicted molar refractivity (Wildman–Crippen MR) is 91.5 cm³/mol. The van der Waals surface area contributed by atoms with Crippen LogP contribution in [0, 0.1) is 15.9 Å². The lowest BCUT2D eigenvalue weighted by Gasteiger charge is -2.07. The summed E-state index contributed by atoms with van der Waals surface area (Å²) in [5.41, 5.74) is -0.0735. The third-order valence-electron chi connectivity index (χ3n) is 3.34. The van der Waals surface area contributed by atoms with Gasteiger partial charge in [-0.25, -0.2) is 4.39 Å². The van der Waals surface area contributed by atoms with Crippen LogP contribution in [0.2, 0.25) is 5.02 Å². The standard InChI is InChI=1S/C14H12ClFN6O3S/c1-20-13(7-25-10-2-3-12(16)11(15)4-10)18-19-14(20)26-8-21-6-9(5-17-21)22(23)24/h2-6H,7-8H2,1H3. The van der Waals surface area contributed by atoms with Gasteiger partial charge in [0, 0.05) is 13.1 Å². The van der Waals surface area contributed by atoms with Gasteiger partial charge in [0.25, 0.3) is 0 Å². The highest BCUT2D eigenvalue weighted by Gasteiger charge is 2.13. The summed E-state index contributed by atoms with van der Waals surface area (Å²) in [4.78, 5) is 10.1. The summed E-state index contributed by atoms with van der Waals surface area (Å²) < 4.78 is 21.8. The predicted octanol–water partition coefficient (Wildman–Crippen LogP) is 3.04. The average molecular weight is 399 g/mol. The molecule has 0 aliphatic carbocycles. The molecule has 0 atom stereocenters. The fraction of sp³-hybridized carbons (Fsp3) is 0.214. The fourth-order valence-electron chi connectivity index (χ4n) is 1.95. The molecule has 1 aromatic carbocycles. The Balaban J connectivity index is 1.60. The zero-order valence-corrected chi connectivity index (χ0v) is 14.9. The number of aromatic nitrogens is 5. The van der Waals surface area contributed by atoms with Crippen LogP contribution in [0.25, 0.3) is 0 Å². The minimum atomic E-state index is -0.518. The van der Waals surface area contributed by atoms with E-state index < -0.39 is 10.7 Å². The van der Waals surface area contributed by atoms with E-state index in [1.165, 1.54) is 47.0 Å². The zero-order valence-electron chi connectivity index (χ0n) is 13.4. The lowest BCUT2D eigenvalue weighted by atomic mass is 10.3. The average Bonchev–Trinajstić information content (AvgIpc) is 3.21. The number of nitrogens with zero attached hydrogens (tertiary/aromatic N) is 6. The third-order valence-corrected chi connectivity index (χ3v) is 4.64. The van der Waals surface area contributed by atoms with E-state index in [0.29, 0.717) is 22.6 Å². The van der Waals surface area contributed by atoms with Gasteiger partial charge in [0.05, 0.1) is 15.8 Å². The van der Waals surface area contributed by atoms with Gasteiger partial charge in [-0.15, -0.1) is 10.2 Å². The third kappa shape index (κ3) is 4.11. The molecule has 0 spiro atoms. The van der Waals surface area contributed by atoms with Crippen LogP contribution in [-0.2, 0) is 19.5 Å². The van der Waals surface area contributed by atoms with E-state index >= 15 is 0 Å². The molecule has 0 radical (unpaired) electrons. The van der Waals surface area contributed by atoms with Gasteiger partial charge in [0.1, 0.15) is 30.6 Å². The Hall–Kier alpha value is -2.66. The summed E-state index contributed by atoms with van der Waals surface area (Å²) in [5, 5.41) is 23.2. The second kappa shape index (κ2) is 7.70. The van der Waals surface area contributed by atoms with E-state index in [1.807, 2.05) is 0 Å². The molecule has 26 heavy (non-hydrogen) atoms. The summed E-state index contributed by atoms with van der Waals surface area (Å²) >= 11 is 7.02. The first-order valence-corrected chi connectivity index (χ1v) is 8.56. The van der Waals surface area contributed by atoms with Gasteiger partial charge in [-0.05, 0) is 12.1 Å². The van der Waals surface area contributed by atoms with Gasteiger partial charge in [-0.1, -0.05) is 23.4 Å². The highest BCUT2D eigenvalue weighted by atomic mass is 35.5. The highest BCUT2D eigenvalue weighted by Crippen LogP contribution is 2.23. The molecule has 0 saturated heterocycles. The summed E-state index contributed by atoms with van der Waals surface area (Å²) in [7, 11) is 1.77. The molecule has 0 amide bonds. The van der Waals surface area contributed by atoms with Crippen LogP contribution in [0.3, 0.4) is 0 Å². The molecule has 12 heteroatoms. The van der Waals surface area contributed by atoms with E-state index in [-0.39, 0.29) is 17.3 Å². The van der Waals surface area contributed by atoms with Crippen LogP contribution in [0.15, 0.2) is 35.7 Å². The summed E-state index contributed by atoms with van der Waals surface area (Å²) in [6, 6.07) is 4.07. The number of rotatable bonds is 7. The van der Waals surface area contributed by atoms with E-state index in [9.17, 15) is 14.5 Å². The molecule has 2 heterocycles. The van der Waals surface area contributed by atoms with E-state index in [4.69, 9.17) is 16.3 Å². The van der Waals surface area contributed by atoms with Gasteiger partial charge in [-0.2, -0.15) is 5.10 Å². The first-order chi connectivity index (χ1) is 12.4. The molecular weight excluding hydrogens is 387 g/mol. The van der Waals surface area contributed by atoms with Crippen molar-refractivity contribution in [3.63, 3.8) is 0 Å². The Morgan fingerprint density at radius 1 is 1.42 bits per heavy atom. The van der Waals surface area contributed by atoms with Crippen molar-refractivity contribution in [1.29, 1.82) is 0 Å². The maximum absolute atomic E-state index is 13.1. The number of ether oxygens (including phenoxy) is 1. The molecule has 0 fully saturated rings. The van der Waals surface area contributed by atoms with E-state index in [2.05, 4.69) is 15.3 Å². The molecule has 3 aromatic rings. The highest BCUT2D eigenvalue weighted by molar-refractivity contribution is 7.98. The van der Waals surface area contributed by atoms with Gasteiger partial charge in [0.15, 0.2) is 11.0 Å². The number of hydrogen-bond donors (Lipinski definition) is 0. The van der Waals surface area contributed by atoms with Crippen molar-refractivity contribution >= 4 is 29.1 Å².